The van der Waals surface area contributed by atoms with Crippen LogP contribution in [0.3, 0.4) is 0 Å². The zero-order chi connectivity index (χ0) is 57.7. The van der Waals surface area contributed by atoms with Crippen molar-refractivity contribution in [3.05, 3.63) is 374 Å². The molecule has 0 bridgehead atoms. The summed E-state index contributed by atoms with van der Waals surface area (Å²) in [6.07, 6.45) is 0. The molecule has 2 heteroatoms. The number of hydrogen-bond donors (Lipinski definition) is 0. The van der Waals surface area contributed by atoms with Crippen LogP contribution in [0, 0.1) is 0 Å². The molecule has 0 fully saturated rings. The minimum absolute atomic E-state index is 0.596. The first-order chi connectivity index (χ1) is 43.2. The van der Waals surface area contributed by atoms with E-state index in [9.17, 15) is 0 Å². The second-order valence-corrected chi connectivity index (χ2v) is 22.7. The quantitative estimate of drug-likeness (QED) is 0.113. The van der Waals surface area contributed by atoms with Crippen molar-refractivity contribution in [2.24, 2.45) is 0 Å². The van der Waals surface area contributed by atoms with Gasteiger partial charge in [-0.1, -0.05) is 267 Å². The number of para-hydroxylation sites is 2. The minimum atomic E-state index is -0.596. The molecule has 1 aliphatic carbocycles. The molecule has 16 rings (SSSR count). The lowest BCUT2D eigenvalue weighted by molar-refractivity contribution is 0.769. The number of benzene rings is 15. The highest BCUT2D eigenvalue weighted by Crippen LogP contribution is 2.58. The van der Waals surface area contributed by atoms with Crippen molar-refractivity contribution < 1.29 is 0 Å². The lowest BCUT2D eigenvalue weighted by Crippen LogP contribution is -2.28. The van der Waals surface area contributed by atoms with Crippen LogP contribution in [0.2, 0.25) is 0 Å². The molecular formula is C85H58N2. The van der Waals surface area contributed by atoms with Gasteiger partial charge in [0, 0.05) is 34.1 Å². The predicted molar refractivity (Wildman–Crippen MR) is 367 cm³/mol. The maximum absolute atomic E-state index is 2.54. The molecule has 0 spiro atoms. The first-order valence-electron chi connectivity index (χ1n) is 30.1. The van der Waals surface area contributed by atoms with Crippen LogP contribution < -0.4 is 9.80 Å². The Morgan fingerprint density at radius 2 is 0.609 bits per heavy atom. The lowest BCUT2D eigenvalue weighted by atomic mass is 9.67. The zero-order valence-electron chi connectivity index (χ0n) is 47.9. The maximum Gasteiger partial charge on any atom is 0.0713 e. The van der Waals surface area contributed by atoms with Crippen LogP contribution in [-0.2, 0) is 5.41 Å². The van der Waals surface area contributed by atoms with Gasteiger partial charge in [0.15, 0.2) is 0 Å². The Kier molecular flexibility index (Phi) is 12.8. The molecule has 408 valence electrons. The highest BCUT2D eigenvalue weighted by Gasteiger charge is 2.46. The van der Waals surface area contributed by atoms with Crippen LogP contribution in [0.15, 0.2) is 352 Å². The highest BCUT2D eigenvalue weighted by molar-refractivity contribution is 6.23. The van der Waals surface area contributed by atoms with Crippen molar-refractivity contribution in [2.75, 3.05) is 9.80 Å². The van der Waals surface area contributed by atoms with E-state index in [4.69, 9.17) is 0 Å². The largest absolute Gasteiger partial charge is 0.310 e. The summed E-state index contributed by atoms with van der Waals surface area (Å²) < 4.78 is 0. The molecule has 2 nitrogen and oxygen atoms in total. The fourth-order valence-electron chi connectivity index (χ4n) is 14.0. The van der Waals surface area contributed by atoms with E-state index in [-0.39, 0.29) is 0 Å². The smallest absolute Gasteiger partial charge is 0.0713 e. The van der Waals surface area contributed by atoms with Crippen molar-refractivity contribution >= 4 is 66.4 Å². The molecule has 0 saturated carbocycles. The molecule has 0 aliphatic heterocycles. The molecule has 0 N–H and O–H groups in total. The molecule has 87 heavy (non-hydrogen) atoms. The number of fused-ring (bicyclic) bond motifs is 6. The fraction of sp³-hybridized carbons (Fsp3) is 0.0118. The average Bonchev–Trinajstić information content (AvgIpc) is 1.68. The SMILES string of the molecule is c1ccc(-c2cc(-c3ccccc3)cc(N(c3ccccc3)c3ccc4c(-c5ccc6c(c5)C(c5ccccc5)(c5ccccc5)c5ccccc5-6)c5cc(N(c6ccccc6)c6ccc7ccccc7c6)ccc5c(-c5ccccc5)c4c3)c2)cc1. The summed E-state index contributed by atoms with van der Waals surface area (Å²) in [5.41, 5.74) is 22.7. The zero-order valence-corrected chi connectivity index (χ0v) is 47.9. The van der Waals surface area contributed by atoms with E-state index < -0.39 is 5.41 Å². The first kappa shape index (κ1) is 51.3. The van der Waals surface area contributed by atoms with Crippen LogP contribution >= 0.6 is 0 Å². The third-order valence-electron chi connectivity index (χ3n) is 17.8. The van der Waals surface area contributed by atoms with Gasteiger partial charge in [0.25, 0.3) is 0 Å². The van der Waals surface area contributed by atoms with E-state index in [0.717, 1.165) is 83.7 Å². The van der Waals surface area contributed by atoms with Gasteiger partial charge in [0.2, 0.25) is 0 Å². The number of anilines is 6. The Morgan fingerprint density at radius 3 is 1.16 bits per heavy atom. The maximum atomic E-state index is 2.54. The van der Waals surface area contributed by atoms with Crippen molar-refractivity contribution in [2.45, 2.75) is 5.41 Å². The van der Waals surface area contributed by atoms with Gasteiger partial charge in [-0.05, 0) is 195 Å². The summed E-state index contributed by atoms with van der Waals surface area (Å²) in [5.74, 6) is 0. The van der Waals surface area contributed by atoms with E-state index in [1.165, 1.54) is 60.7 Å². The summed E-state index contributed by atoms with van der Waals surface area (Å²) in [4.78, 5) is 4.87. The second-order valence-electron chi connectivity index (χ2n) is 22.7. The lowest BCUT2D eigenvalue weighted by Gasteiger charge is -2.34. The van der Waals surface area contributed by atoms with Gasteiger partial charge < -0.3 is 9.80 Å². The van der Waals surface area contributed by atoms with E-state index in [1.54, 1.807) is 0 Å². The molecule has 0 radical (unpaired) electrons. The Hall–Kier alpha value is -11.3. The Morgan fingerprint density at radius 1 is 0.195 bits per heavy atom. The van der Waals surface area contributed by atoms with Gasteiger partial charge in [-0.15, -0.1) is 0 Å². The molecule has 0 aromatic heterocycles. The Labute approximate surface area is 508 Å². The van der Waals surface area contributed by atoms with Crippen molar-refractivity contribution in [3.8, 4) is 55.6 Å². The van der Waals surface area contributed by atoms with Crippen LogP contribution in [0.5, 0.6) is 0 Å². The van der Waals surface area contributed by atoms with Gasteiger partial charge in [-0.3, -0.25) is 0 Å². The molecule has 0 heterocycles. The Balaban J connectivity index is 1.01. The third-order valence-corrected chi connectivity index (χ3v) is 17.8. The van der Waals surface area contributed by atoms with Gasteiger partial charge in [-0.2, -0.15) is 0 Å². The van der Waals surface area contributed by atoms with Crippen molar-refractivity contribution in [1.82, 2.24) is 0 Å². The first-order valence-corrected chi connectivity index (χ1v) is 30.1. The van der Waals surface area contributed by atoms with Gasteiger partial charge >= 0.3 is 0 Å². The van der Waals surface area contributed by atoms with Crippen molar-refractivity contribution in [3.63, 3.8) is 0 Å². The second kappa shape index (κ2) is 21.7. The molecule has 15 aromatic carbocycles. The number of hydrogen-bond acceptors (Lipinski definition) is 2. The van der Waals surface area contributed by atoms with Crippen LogP contribution in [0.4, 0.5) is 34.1 Å². The van der Waals surface area contributed by atoms with E-state index in [1.807, 2.05) is 0 Å². The normalized spacial score (nSPS) is 12.2. The van der Waals surface area contributed by atoms with Gasteiger partial charge in [0.05, 0.1) is 5.41 Å². The van der Waals surface area contributed by atoms with E-state index >= 15 is 0 Å². The summed E-state index contributed by atoms with van der Waals surface area (Å²) in [6.45, 7) is 0. The highest BCUT2D eigenvalue weighted by atomic mass is 15.1. The number of rotatable bonds is 12. The van der Waals surface area contributed by atoms with E-state index in [0.29, 0.717) is 0 Å². The van der Waals surface area contributed by atoms with Crippen LogP contribution in [-0.4, -0.2) is 0 Å². The molecule has 0 amide bonds. The van der Waals surface area contributed by atoms with Crippen LogP contribution in [0.1, 0.15) is 22.3 Å². The molecular weight excluding hydrogens is 1050 g/mol. The van der Waals surface area contributed by atoms with Crippen molar-refractivity contribution in [1.29, 1.82) is 0 Å². The molecule has 0 atom stereocenters. The van der Waals surface area contributed by atoms with E-state index in [2.05, 4.69) is 362 Å². The van der Waals surface area contributed by atoms with Gasteiger partial charge in [0.1, 0.15) is 0 Å². The molecule has 0 unspecified atom stereocenters. The van der Waals surface area contributed by atoms with Crippen LogP contribution in [0.25, 0.3) is 88.0 Å². The average molecular weight is 1110 g/mol. The molecule has 15 aromatic rings. The monoisotopic (exact) mass is 1110 g/mol. The summed E-state index contributed by atoms with van der Waals surface area (Å²) in [5, 5.41) is 7.06. The summed E-state index contributed by atoms with van der Waals surface area (Å²) in [7, 11) is 0. The Bertz CT molecular complexity index is 4910. The fourth-order valence-corrected chi connectivity index (χ4v) is 14.0. The predicted octanol–water partition coefficient (Wildman–Crippen LogP) is 23.1. The molecule has 1 aliphatic rings. The van der Waals surface area contributed by atoms with Gasteiger partial charge in [-0.25, -0.2) is 0 Å². The summed E-state index contributed by atoms with van der Waals surface area (Å²) >= 11 is 0. The topological polar surface area (TPSA) is 6.48 Å². The molecule has 0 saturated heterocycles. The standard InChI is InChI=1S/C85H58N2/c1-8-26-59(27-9-1)65-52-66(60-28-10-2-11-29-60)55-74(54-65)87(70-40-20-7-21-41-70)73-48-51-78-79(58-73)83(62-31-12-3-13-32-62)77-50-47-72(86(69-38-18-6-19-39-69)71-46-44-61-30-22-23-33-63(61)53-71)57-80(77)84(78)64-45-49-76-75-42-24-25-43-81(75)85(82(76)56-64,67-34-14-4-15-35-67)68-36-16-5-17-37-68/h1-58H. The minimum Gasteiger partial charge on any atom is -0.310 e. The number of nitrogens with zero attached hydrogens (tertiary/aromatic N) is 2. The third kappa shape index (κ3) is 8.89. The summed E-state index contributed by atoms with van der Waals surface area (Å²) in [6, 6.07) is 130.